The topological polar surface area (TPSA) is 50.2 Å². The fourth-order valence-corrected chi connectivity index (χ4v) is 2.72. The second-order valence-electron chi connectivity index (χ2n) is 2.70. The molecule has 0 saturated carbocycles. The highest BCUT2D eigenvalue weighted by atomic mass is 32.2. The van der Waals surface area contributed by atoms with Gasteiger partial charge in [0.05, 0.1) is 4.21 Å². The molecule has 0 unspecified atom stereocenters. The normalized spacial score (nSPS) is 10.1. The van der Waals surface area contributed by atoms with Gasteiger partial charge in [-0.2, -0.15) is 0 Å². The zero-order valence-corrected chi connectivity index (χ0v) is 9.22. The van der Waals surface area contributed by atoms with Gasteiger partial charge in [-0.3, -0.25) is 0 Å². The maximum atomic E-state index is 10.7. The first-order valence-corrected chi connectivity index (χ1v) is 5.87. The van der Waals surface area contributed by atoms with E-state index in [2.05, 4.69) is 4.98 Å². The van der Waals surface area contributed by atoms with Gasteiger partial charge in [0.15, 0.2) is 0 Å². The van der Waals surface area contributed by atoms with Crippen LogP contribution in [0.3, 0.4) is 0 Å². The van der Waals surface area contributed by atoms with Crippen molar-refractivity contribution in [2.45, 2.75) is 9.24 Å². The smallest absolute Gasteiger partial charge is 0.354 e. The van der Waals surface area contributed by atoms with Crippen molar-refractivity contribution in [1.29, 1.82) is 0 Å². The van der Waals surface area contributed by atoms with Gasteiger partial charge in [0, 0.05) is 0 Å². The van der Waals surface area contributed by atoms with E-state index in [0.717, 1.165) is 4.21 Å². The van der Waals surface area contributed by atoms with Crippen molar-refractivity contribution in [1.82, 2.24) is 4.98 Å². The molecule has 76 valence electrons. The van der Waals surface area contributed by atoms with Crippen LogP contribution in [0.5, 0.6) is 0 Å². The summed E-state index contributed by atoms with van der Waals surface area (Å²) in [5, 5.41) is 11.4. The number of carbonyl (C=O) groups is 1. The average Bonchev–Trinajstić information content (AvgIpc) is 2.71. The van der Waals surface area contributed by atoms with Crippen LogP contribution in [0.15, 0.2) is 44.9 Å². The van der Waals surface area contributed by atoms with Crippen molar-refractivity contribution in [3.8, 4) is 0 Å². The molecule has 0 aliphatic rings. The van der Waals surface area contributed by atoms with Crippen LogP contribution in [0.2, 0.25) is 0 Å². The zero-order chi connectivity index (χ0) is 10.7. The summed E-state index contributed by atoms with van der Waals surface area (Å²) in [4.78, 5) is 14.7. The first-order valence-electron chi connectivity index (χ1n) is 4.17. The second-order valence-corrected chi connectivity index (χ2v) is 4.97. The van der Waals surface area contributed by atoms with Gasteiger partial charge in [-0.15, -0.1) is 11.3 Å². The van der Waals surface area contributed by atoms with Gasteiger partial charge in [-0.1, -0.05) is 23.9 Å². The van der Waals surface area contributed by atoms with E-state index in [1.165, 1.54) is 17.8 Å². The lowest BCUT2D eigenvalue weighted by molar-refractivity contribution is 0.0689. The van der Waals surface area contributed by atoms with Crippen molar-refractivity contribution in [2.24, 2.45) is 0 Å². The molecule has 3 nitrogen and oxygen atoms in total. The fourth-order valence-electron chi connectivity index (χ4n) is 1.02. The summed E-state index contributed by atoms with van der Waals surface area (Å²) in [6.07, 6.45) is 0. The van der Waals surface area contributed by atoms with E-state index in [0.29, 0.717) is 5.03 Å². The Morgan fingerprint density at radius 3 is 2.87 bits per heavy atom. The summed E-state index contributed by atoms with van der Waals surface area (Å²) < 4.78 is 1.10. The molecule has 0 atom stereocenters. The lowest BCUT2D eigenvalue weighted by Gasteiger charge is -1.98. The predicted molar refractivity (Wildman–Crippen MR) is 59.6 cm³/mol. The Labute approximate surface area is 94.8 Å². The lowest BCUT2D eigenvalue weighted by Crippen LogP contribution is -1.99. The number of hydrogen-bond acceptors (Lipinski definition) is 4. The quantitative estimate of drug-likeness (QED) is 0.891. The Balaban J connectivity index is 2.22. The molecule has 0 bridgehead atoms. The highest BCUT2D eigenvalue weighted by Gasteiger charge is 2.06. The van der Waals surface area contributed by atoms with Gasteiger partial charge in [-0.05, 0) is 23.6 Å². The molecule has 2 aromatic rings. The Hall–Kier alpha value is -1.33. The molecular weight excluding hydrogens is 230 g/mol. The summed E-state index contributed by atoms with van der Waals surface area (Å²) in [7, 11) is 0. The molecule has 0 aromatic carbocycles. The van der Waals surface area contributed by atoms with Crippen LogP contribution in [-0.4, -0.2) is 16.1 Å². The molecular formula is C10H7NO2S2. The van der Waals surface area contributed by atoms with E-state index in [1.54, 1.807) is 23.5 Å². The number of carboxylic acid groups (broad SMARTS) is 1. The summed E-state index contributed by atoms with van der Waals surface area (Å²) >= 11 is 3.08. The molecule has 2 aromatic heterocycles. The van der Waals surface area contributed by atoms with Gasteiger partial charge in [0.25, 0.3) is 0 Å². The number of pyridine rings is 1. The third kappa shape index (κ3) is 2.57. The third-order valence-electron chi connectivity index (χ3n) is 1.64. The number of carboxylic acids is 1. The molecule has 0 saturated heterocycles. The van der Waals surface area contributed by atoms with E-state index in [1.807, 2.05) is 17.5 Å². The van der Waals surface area contributed by atoms with Crippen molar-refractivity contribution < 1.29 is 9.90 Å². The van der Waals surface area contributed by atoms with Gasteiger partial charge >= 0.3 is 5.97 Å². The number of aromatic carboxylic acids is 1. The minimum Gasteiger partial charge on any atom is -0.477 e. The number of thiophene rings is 1. The molecule has 2 heterocycles. The Kier molecular flexibility index (Phi) is 3.03. The molecule has 15 heavy (non-hydrogen) atoms. The third-order valence-corrected chi connectivity index (χ3v) is 3.62. The van der Waals surface area contributed by atoms with Crippen LogP contribution in [0.25, 0.3) is 0 Å². The second kappa shape index (κ2) is 4.46. The molecule has 2 rings (SSSR count). The number of hydrogen-bond donors (Lipinski definition) is 1. The molecule has 0 radical (unpaired) electrons. The van der Waals surface area contributed by atoms with Crippen LogP contribution >= 0.6 is 23.1 Å². The minimum atomic E-state index is -0.997. The van der Waals surface area contributed by atoms with Crippen molar-refractivity contribution in [3.05, 3.63) is 41.4 Å². The van der Waals surface area contributed by atoms with E-state index in [-0.39, 0.29) is 5.69 Å². The molecule has 0 spiro atoms. The Morgan fingerprint density at radius 2 is 2.20 bits per heavy atom. The highest BCUT2D eigenvalue weighted by molar-refractivity contribution is 8.01. The number of aromatic nitrogens is 1. The lowest BCUT2D eigenvalue weighted by atomic mass is 10.4. The molecule has 5 heteroatoms. The van der Waals surface area contributed by atoms with Crippen LogP contribution in [0.1, 0.15) is 10.5 Å². The van der Waals surface area contributed by atoms with Gasteiger partial charge in [-0.25, -0.2) is 9.78 Å². The van der Waals surface area contributed by atoms with Crippen molar-refractivity contribution in [2.75, 3.05) is 0 Å². The predicted octanol–water partition coefficient (Wildman–Crippen LogP) is 2.99. The van der Waals surface area contributed by atoms with Crippen LogP contribution in [0.4, 0.5) is 0 Å². The Bertz CT molecular complexity index is 468. The molecule has 0 aliphatic heterocycles. The van der Waals surface area contributed by atoms with Gasteiger partial charge < -0.3 is 5.11 Å². The van der Waals surface area contributed by atoms with Crippen LogP contribution < -0.4 is 0 Å². The maximum absolute atomic E-state index is 10.7. The number of nitrogens with zero attached hydrogens (tertiary/aromatic N) is 1. The first-order chi connectivity index (χ1) is 7.25. The van der Waals surface area contributed by atoms with Crippen LogP contribution in [-0.2, 0) is 0 Å². The first kappa shape index (κ1) is 10.2. The summed E-state index contributed by atoms with van der Waals surface area (Å²) in [5.41, 5.74) is 0.0801. The van der Waals surface area contributed by atoms with Gasteiger partial charge in [0.1, 0.15) is 10.7 Å². The SMILES string of the molecule is O=C(O)c1cccc(Sc2cccs2)n1. The highest BCUT2D eigenvalue weighted by Crippen LogP contribution is 2.29. The minimum absolute atomic E-state index is 0.0801. The average molecular weight is 237 g/mol. The summed E-state index contributed by atoms with van der Waals surface area (Å²) in [6.45, 7) is 0. The van der Waals surface area contributed by atoms with Crippen LogP contribution in [0, 0.1) is 0 Å². The van der Waals surface area contributed by atoms with Gasteiger partial charge in [0.2, 0.25) is 0 Å². The standard InChI is InChI=1S/C10H7NO2S2/c12-10(13)7-3-1-4-8(11-7)15-9-5-2-6-14-9/h1-6H,(H,12,13). The largest absolute Gasteiger partial charge is 0.477 e. The summed E-state index contributed by atoms with van der Waals surface area (Å²) in [5.74, 6) is -0.997. The zero-order valence-electron chi connectivity index (χ0n) is 7.58. The molecule has 0 amide bonds. The van der Waals surface area contributed by atoms with E-state index >= 15 is 0 Å². The van der Waals surface area contributed by atoms with Crippen molar-refractivity contribution in [3.63, 3.8) is 0 Å². The van der Waals surface area contributed by atoms with E-state index < -0.39 is 5.97 Å². The maximum Gasteiger partial charge on any atom is 0.354 e. The van der Waals surface area contributed by atoms with E-state index in [9.17, 15) is 4.79 Å². The summed E-state index contributed by atoms with van der Waals surface area (Å²) in [6, 6.07) is 8.92. The fraction of sp³-hybridized carbons (Fsp3) is 0. The monoisotopic (exact) mass is 237 g/mol. The van der Waals surface area contributed by atoms with E-state index in [4.69, 9.17) is 5.11 Å². The molecule has 0 fully saturated rings. The molecule has 1 N–H and O–H groups in total. The molecule has 0 aliphatic carbocycles. The Morgan fingerprint density at radius 1 is 1.33 bits per heavy atom. The van der Waals surface area contributed by atoms with Crippen molar-refractivity contribution >= 4 is 29.1 Å². The number of rotatable bonds is 3.